The molecule has 4 nitrogen and oxygen atoms in total. The summed E-state index contributed by atoms with van der Waals surface area (Å²) in [5.41, 5.74) is 2.10. The number of aliphatic carboxylic acids is 1. The van der Waals surface area contributed by atoms with Gasteiger partial charge in [0.25, 0.3) is 0 Å². The third kappa shape index (κ3) is 3.92. The third-order valence-corrected chi connectivity index (χ3v) is 3.57. The summed E-state index contributed by atoms with van der Waals surface area (Å²) >= 11 is 0. The van der Waals surface area contributed by atoms with Gasteiger partial charge in [-0.05, 0) is 31.1 Å². The predicted octanol–water partition coefficient (Wildman–Crippen LogP) is 2.39. The number of hydrogen-bond acceptors (Lipinski definition) is 3. The molecule has 20 heavy (non-hydrogen) atoms. The van der Waals surface area contributed by atoms with Crippen LogP contribution in [0.2, 0.25) is 0 Å². The van der Waals surface area contributed by atoms with Gasteiger partial charge in [0.1, 0.15) is 0 Å². The lowest BCUT2D eigenvalue weighted by Crippen LogP contribution is -2.46. The van der Waals surface area contributed by atoms with Crippen LogP contribution in [0.25, 0.3) is 6.08 Å². The van der Waals surface area contributed by atoms with Crippen LogP contribution in [-0.4, -0.2) is 41.3 Å². The molecule has 1 N–H and O–H groups in total. The monoisotopic (exact) mass is 275 g/mol. The minimum atomic E-state index is -0.923. The molecule has 2 unspecified atom stereocenters. The Balaban J connectivity index is 2.14. The second kappa shape index (κ2) is 6.68. The lowest BCUT2D eigenvalue weighted by molar-refractivity contribution is -0.131. The normalized spacial score (nSPS) is 24.1. The molecule has 1 fully saturated rings. The number of rotatable bonds is 4. The van der Waals surface area contributed by atoms with Crippen LogP contribution < -0.4 is 0 Å². The number of carboxylic acid groups (broad SMARTS) is 1. The lowest BCUT2D eigenvalue weighted by atomic mass is 10.0. The van der Waals surface area contributed by atoms with E-state index in [9.17, 15) is 4.79 Å². The first-order valence-corrected chi connectivity index (χ1v) is 6.91. The zero-order chi connectivity index (χ0) is 14.5. The van der Waals surface area contributed by atoms with Crippen molar-refractivity contribution in [2.24, 2.45) is 0 Å². The van der Waals surface area contributed by atoms with E-state index in [1.54, 1.807) is 6.08 Å². The van der Waals surface area contributed by atoms with E-state index in [-0.39, 0.29) is 6.10 Å². The molecule has 2 atom stereocenters. The first-order valence-electron chi connectivity index (χ1n) is 6.91. The smallest absolute Gasteiger partial charge is 0.328 e. The third-order valence-electron chi connectivity index (χ3n) is 3.57. The van der Waals surface area contributed by atoms with Crippen molar-refractivity contribution in [2.45, 2.75) is 32.5 Å². The minimum absolute atomic E-state index is 0.243. The molecule has 4 heteroatoms. The van der Waals surface area contributed by atoms with E-state index in [1.807, 2.05) is 24.3 Å². The molecule has 2 rings (SSSR count). The van der Waals surface area contributed by atoms with Gasteiger partial charge in [-0.15, -0.1) is 0 Å². The molecule has 1 aromatic rings. The van der Waals surface area contributed by atoms with Crippen molar-refractivity contribution in [3.63, 3.8) is 0 Å². The number of ether oxygens (including phenoxy) is 1. The van der Waals surface area contributed by atoms with Gasteiger partial charge in [0.05, 0.1) is 12.7 Å². The highest BCUT2D eigenvalue weighted by atomic mass is 16.5. The summed E-state index contributed by atoms with van der Waals surface area (Å²) in [7, 11) is 0. The fourth-order valence-electron chi connectivity index (χ4n) is 2.41. The quantitative estimate of drug-likeness (QED) is 0.857. The second-order valence-electron chi connectivity index (χ2n) is 5.29. The maximum absolute atomic E-state index is 10.7. The van der Waals surface area contributed by atoms with Crippen molar-refractivity contribution >= 4 is 12.0 Å². The van der Waals surface area contributed by atoms with Crippen molar-refractivity contribution in [1.82, 2.24) is 4.90 Å². The molecule has 108 valence electrons. The highest BCUT2D eigenvalue weighted by Crippen LogP contribution is 2.18. The average Bonchev–Trinajstić information content (AvgIpc) is 2.42. The first kappa shape index (κ1) is 14.8. The number of nitrogens with zero attached hydrogens (tertiary/aromatic N) is 1. The van der Waals surface area contributed by atoms with Crippen LogP contribution in [0.15, 0.2) is 30.3 Å². The van der Waals surface area contributed by atoms with Crippen LogP contribution in [0.4, 0.5) is 0 Å². The van der Waals surface area contributed by atoms with Crippen molar-refractivity contribution in [3.05, 3.63) is 41.5 Å². The van der Waals surface area contributed by atoms with E-state index in [1.165, 1.54) is 6.08 Å². The highest BCUT2D eigenvalue weighted by molar-refractivity contribution is 5.85. The van der Waals surface area contributed by atoms with Gasteiger partial charge in [-0.3, -0.25) is 4.90 Å². The number of benzene rings is 1. The highest BCUT2D eigenvalue weighted by Gasteiger charge is 2.23. The van der Waals surface area contributed by atoms with Crippen LogP contribution in [-0.2, 0) is 16.1 Å². The average molecular weight is 275 g/mol. The maximum atomic E-state index is 10.7. The molecule has 0 aromatic heterocycles. The van der Waals surface area contributed by atoms with E-state index >= 15 is 0 Å². The molecule has 0 bridgehead atoms. The molecule has 0 radical (unpaired) electrons. The lowest BCUT2D eigenvalue weighted by Gasteiger charge is -2.37. The molecule has 0 saturated carbocycles. The van der Waals surface area contributed by atoms with E-state index in [2.05, 4.69) is 18.7 Å². The Morgan fingerprint density at radius 1 is 1.45 bits per heavy atom. The molecular weight excluding hydrogens is 254 g/mol. The van der Waals surface area contributed by atoms with E-state index in [0.717, 1.165) is 30.8 Å². The fraction of sp³-hybridized carbons (Fsp3) is 0.438. The Morgan fingerprint density at radius 2 is 2.20 bits per heavy atom. The van der Waals surface area contributed by atoms with Gasteiger partial charge in [0, 0.05) is 25.2 Å². The van der Waals surface area contributed by atoms with E-state index in [0.29, 0.717) is 6.04 Å². The summed E-state index contributed by atoms with van der Waals surface area (Å²) in [6.07, 6.45) is 3.09. The molecule has 1 aromatic carbocycles. The van der Waals surface area contributed by atoms with Gasteiger partial charge in [-0.2, -0.15) is 0 Å². The van der Waals surface area contributed by atoms with Crippen LogP contribution in [0.5, 0.6) is 0 Å². The summed E-state index contributed by atoms with van der Waals surface area (Å²) in [6, 6.07) is 8.29. The van der Waals surface area contributed by atoms with Crippen molar-refractivity contribution < 1.29 is 14.6 Å². The molecule has 1 aliphatic rings. The zero-order valence-electron chi connectivity index (χ0n) is 12.0. The van der Waals surface area contributed by atoms with Crippen molar-refractivity contribution in [2.75, 3.05) is 13.2 Å². The van der Waals surface area contributed by atoms with Crippen LogP contribution >= 0.6 is 0 Å². The van der Waals surface area contributed by atoms with Crippen LogP contribution in [0.1, 0.15) is 25.0 Å². The summed E-state index contributed by atoms with van der Waals surface area (Å²) in [5, 5.41) is 8.75. The van der Waals surface area contributed by atoms with Gasteiger partial charge >= 0.3 is 5.97 Å². The largest absolute Gasteiger partial charge is 0.478 e. The molecule has 1 heterocycles. The summed E-state index contributed by atoms with van der Waals surface area (Å²) < 4.78 is 5.63. The number of carboxylic acids is 1. The van der Waals surface area contributed by atoms with Crippen molar-refractivity contribution in [3.8, 4) is 0 Å². The summed E-state index contributed by atoms with van der Waals surface area (Å²) in [5.74, 6) is -0.923. The molecule has 1 aliphatic heterocycles. The molecule has 1 saturated heterocycles. The Kier molecular flexibility index (Phi) is 4.93. The van der Waals surface area contributed by atoms with Gasteiger partial charge in [0.15, 0.2) is 0 Å². The van der Waals surface area contributed by atoms with Gasteiger partial charge in [-0.1, -0.05) is 24.3 Å². The Labute approximate surface area is 119 Å². The Hall–Kier alpha value is -1.65. The topological polar surface area (TPSA) is 49.8 Å². The standard InChI is InChI=1S/C16H21NO3/c1-12-11-20-13(2)9-17(12)10-15-6-4-3-5-14(15)7-8-16(18)19/h3-8,12-13H,9-11H2,1-2H3,(H,18,19). The molecular formula is C16H21NO3. The van der Waals surface area contributed by atoms with Crippen LogP contribution in [0, 0.1) is 0 Å². The van der Waals surface area contributed by atoms with Gasteiger partial charge < -0.3 is 9.84 Å². The fourth-order valence-corrected chi connectivity index (χ4v) is 2.41. The van der Waals surface area contributed by atoms with E-state index in [4.69, 9.17) is 9.84 Å². The molecule has 0 spiro atoms. The molecule has 0 aliphatic carbocycles. The number of hydrogen-bond donors (Lipinski definition) is 1. The summed E-state index contributed by atoms with van der Waals surface area (Å²) in [4.78, 5) is 13.0. The van der Waals surface area contributed by atoms with Gasteiger partial charge in [-0.25, -0.2) is 4.79 Å². The Morgan fingerprint density at radius 3 is 2.95 bits per heavy atom. The van der Waals surface area contributed by atoms with Crippen LogP contribution in [0.3, 0.4) is 0 Å². The van der Waals surface area contributed by atoms with Gasteiger partial charge in [0.2, 0.25) is 0 Å². The maximum Gasteiger partial charge on any atom is 0.328 e. The Bertz CT molecular complexity index is 498. The SMILES string of the molecule is CC1CN(Cc2ccccc2C=CC(=O)O)C(C)CO1. The second-order valence-corrected chi connectivity index (χ2v) is 5.29. The predicted molar refractivity (Wildman–Crippen MR) is 78.4 cm³/mol. The number of morpholine rings is 1. The molecule has 0 amide bonds. The first-order chi connectivity index (χ1) is 9.56. The van der Waals surface area contributed by atoms with E-state index < -0.39 is 5.97 Å². The minimum Gasteiger partial charge on any atom is -0.478 e. The summed E-state index contributed by atoms with van der Waals surface area (Å²) in [6.45, 7) is 6.69. The number of carbonyl (C=O) groups is 1. The van der Waals surface area contributed by atoms with Crippen molar-refractivity contribution in [1.29, 1.82) is 0 Å². The zero-order valence-corrected chi connectivity index (χ0v) is 12.0.